The van der Waals surface area contributed by atoms with E-state index in [1.165, 1.54) is 12.8 Å². The van der Waals surface area contributed by atoms with Crippen molar-refractivity contribution in [1.82, 2.24) is 15.8 Å². The highest BCUT2D eigenvalue weighted by Crippen LogP contribution is 2.30. The number of hydrogen-bond donors (Lipinski definition) is 2. The molecule has 7 heteroatoms. The molecule has 2 N–H and O–H groups in total. The summed E-state index contributed by atoms with van der Waals surface area (Å²) in [4.78, 5) is 4.28. The van der Waals surface area contributed by atoms with Gasteiger partial charge in [-0.1, -0.05) is 12.1 Å². The van der Waals surface area contributed by atoms with Gasteiger partial charge in [-0.3, -0.25) is 4.99 Å². The molecule has 7 nitrogen and oxygen atoms in total. The van der Waals surface area contributed by atoms with Crippen LogP contribution in [-0.2, 0) is 19.5 Å². The topological polar surface area (TPSA) is 80.9 Å². The quantitative estimate of drug-likeness (QED) is 0.534. The molecule has 0 radical (unpaired) electrons. The molecule has 0 atom stereocenters. The Labute approximate surface area is 166 Å². The minimum atomic E-state index is 0.294. The van der Waals surface area contributed by atoms with Crippen molar-refractivity contribution in [1.29, 1.82) is 0 Å². The molecule has 1 fully saturated rings. The summed E-state index contributed by atoms with van der Waals surface area (Å²) in [5.74, 6) is 3.15. The van der Waals surface area contributed by atoms with Crippen LogP contribution in [0.2, 0.25) is 0 Å². The second kappa shape index (κ2) is 10.0. The predicted molar refractivity (Wildman–Crippen MR) is 109 cm³/mol. The fourth-order valence-corrected chi connectivity index (χ4v) is 3.28. The number of hydrogen-bond acceptors (Lipinski definition) is 5. The summed E-state index contributed by atoms with van der Waals surface area (Å²) < 4.78 is 16.9. The minimum Gasteiger partial charge on any atom is -0.497 e. The molecule has 0 amide bonds. The molecule has 1 aliphatic rings. The first kappa shape index (κ1) is 20.0. The third kappa shape index (κ3) is 5.41. The molecular formula is C21H30N4O3. The van der Waals surface area contributed by atoms with Crippen LogP contribution in [-0.4, -0.2) is 31.4 Å². The molecule has 3 rings (SSSR count). The number of aliphatic imine (C=N–C) groups is 1. The number of rotatable bonds is 8. The maximum Gasteiger partial charge on any atom is 0.191 e. The second-order valence-electron chi connectivity index (χ2n) is 6.92. The summed E-state index contributed by atoms with van der Waals surface area (Å²) in [6.07, 6.45) is 5.86. The zero-order valence-electron chi connectivity index (χ0n) is 17.0. The Morgan fingerprint density at radius 2 is 2.00 bits per heavy atom. The lowest BCUT2D eigenvalue weighted by atomic mass is 10.2. The Morgan fingerprint density at radius 3 is 2.68 bits per heavy atom. The lowest BCUT2D eigenvalue weighted by Gasteiger charge is -2.18. The molecule has 1 saturated carbocycles. The van der Waals surface area contributed by atoms with Crippen molar-refractivity contribution in [2.24, 2.45) is 4.99 Å². The molecule has 0 aliphatic heterocycles. The number of methoxy groups -OCH3 is 1. The number of ether oxygens (including phenoxy) is 2. The highest BCUT2D eigenvalue weighted by atomic mass is 16.5. The van der Waals surface area contributed by atoms with E-state index in [4.69, 9.17) is 14.0 Å². The monoisotopic (exact) mass is 386 g/mol. The summed E-state index contributed by atoms with van der Waals surface area (Å²) >= 11 is 0. The summed E-state index contributed by atoms with van der Waals surface area (Å²) in [5.41, 5.74) is 2.02. The predicted octanol–water partition coefficient (Wildman–Crippen LogP) is 3.43. The van der Waals surface area contributed by atoms with Crippen molar-refractivity contribution >= 4 is 5.96 Å². The maximum atomic E-state index is 6.26. The first-order valence-corrected chi connectivity index (χ1v) is 9.94. The van der Waals surface area contributed by atoms with Crippen LogP contribution in [0.1, 0.15) is 49.6 Å². The van der Waals surface area contributed by atoms with Crippen LogP contribution >= 0.6 is 0 Å². The van der Waals surface area contributed by atoms with Crippen LogP contribution in [0.5, 0.6) is 11.5 Å². The van der Waals surface area contributed by atoms with Gasteiger partial charge < -0.3 is 24.6 Å². The van der Waals surface area contributed by atoms with Crippen LogP contribution in [0.4, 0.5) is 0 Å². The molecule has 1 aromatic heterocycles. The Bertz CT molecular complexity index is 782. The van der Waals surface area contributed by atoms with Gasteiger partial charge in [0.15, 0.2) is 11.7 Å². The van der Waals surface area contributed by atoms with Gasteiger partial charge in [0.25, 0.3) is 0 Å². The Hall–Kier alpha value is -2.70. The van der Waals surface area contributed by atoms with Gasteiger partial charge in [-0.05, 0) is 44.2 Å². The normalized spacial score (nSPS) is 14.9. The largest absolute Gasteiger partial charge is 0.497 e. The molecule has 0 saturated heterocycles. The number of aromatic nitrogens is 1. The molecular weight excluding hydrogens is 356 g/mol. The Morgan fingerprint density at radius 1 is 1.21 bits per heavy atom. The molecule has 0 unspecified atom stereocenters. The summed E-state index contributed by atoms with van der Waals surface area (Å²) in [7, 11) is 3.42. The van der Waals surface area contributed by atoms with Gasteiger partial charge in [-0.15, -0.1) is 0 Å². The molecule has 0 bridgehead atoms. The van der Waals surface area contributed by atoms with E-state index in [1.54, 1.807) is 14.2 Å². The van der Waals surface area contributed by atoms with Crippen LogP contribution < -0.4 is 20.1 Å². The van der Waals surface area contributed by atoms with E-state index in [0.29, 0.717) is 25.2 Å². The fraction of sp³-hybridized carbons (Fsp3) is 0.524. The molecule has 2 aromatic rings. The summed E-state index contributed by atoms with van der Waals surface area (Å²) in [6.45, 7) is 3.18. The summed E-state index contributed by atoms with van der Waals surface area (Å²) in [5, 5.41) is 10.6. The highest BCUT2D eigenvalue weighted by molar-refractivity contribution is 5.79. The van der Waals surface area contributed by atoms with Crippen molar-refractivity contribution < 1.29 is 14.0 Å². The van der Waals surface area contributed by atoms with Gasteiger partial charge in [-0.2, -0.15) is 0 Å². The van der Waals surface area contributed by atoms with E-state index in [2.05, 4.69) is 27.7 Å². The van der Waals surface area contributed by atoms with Crippen LogP contribution in [0.25, 0.3) is 0 Å². The number of guanidine groups is 1. The number of nitrogens with zero attached hydrogens (tertiary/aromatic N) is 2. The smallest absolute Gasteiger partial charge is 0.191 e. The number of nitrogens with one attached hydrogen (secondary N) is 2. The van der Waals surface area contributed by atoms with Gasteiger partial charge in [-0.25, -0.2) is 0 Å². The van der Waals surface area contributed by atoms with Crippen LogP contribution in [0, 0.1) is 0 Å². The molecule has 152 valence electrons. The first-order valence-electron chi connectivity index (χ1n) is 9.94. The third-order valence-electron chi connectivity index (χ3n) is 4.94. The van der Waals surface area contributed by atoms with Crippen molar-refractivity contribution in [2.45, 2.75) is 58.2 Å². The average Bonchev–Trinajstić information content (AvgIpc) is 3.40. The van der Waals surface area contributed by atoms with Crippen molar-refractivity contribution in [3.8, 4) is 11.5 Å². The summed E-state index contributed by atoms with van der Waals surface area (Å²) in [6, 6.07) is 7.91. The number of aryl methyl sites for hydroxylation is 1. The molecule has 1 aliphatic carbocycles. The second-order valence-corrected chi connectivity index (χ2v) is 6.92. The standard InChI is InChI=1S/C21H30N4O3/c1-4-16-11-19(28-25-16)14-24-21(22-2)23-13-15-9-10-18(26-3)12-20(15)27-17-7-5-6-8-17/h9-12,17H,4-8,13-14H2,1-3H3,(H2,22,23,24). The Balaban J connectivity index is 1.59. The van der Waals surface area contributed by atoms with Gasteiger partial charge in [0.05, 0.1) is 25.5 Å². The van der Waals surface area contributed by atoms with Gasteiger partial charge >= 0.3 is 0 Å². The van der Waals surface area contributed by atoms with Gasteiger partial charge in [0, 0.05) is 31.3 Å². The molecule has 0 spiro atoms. The SMILES string of the molecule is CCc1cc(CNC(=NC)NCc2ccc(OC)cc2OC2CCCC2)on1. The van der Waals surface area contributed by atoms with E-state index in [9.17, 15) is 0 Å². The van der Waals surface area contributed by atoms with E-state index in [0.717, 1.165) is 47.8 Å². The van der Waals surface area contributed by atoms with E-state index in [-0.39, 0.29) is 0 Å². The van der Waals surface area contributed by atoms with Crippen LogP contribution in [0.3, 0.4) is 0 Å². The van der Waals surface area contributed by atoms with Crippen molar-refractivity contribution in [2.75, 3.05) is 14.2 Å². The zero-order valence-corrected chi connectivity index (χ0v) is 17.0. The first-order chi connectivity index (χ1) is 13.7. The maximum absolute atomic E-state index is 6.26. The average molecular weight is 386 g/mol. The van der Waals surface area contributed by atoms with Gasteiger partial charge in [0.1, 0.15) is 11.5 Å². The van der Waals surface area contributed by atoms with Crippen molar-refractivity contribution in [3.05, 3.63) is 41.3 Å². The molecule has 28 heavy (non-hydrogen) atoms. The molecule has 1 heterocycles. The lowest BCUT2D eigenvalue weighted by molar-refractivity contribution is 0.207. The Kier molecular flexibility index (Phi) is 7.17. The zero-order chi connectivity index (χ0) is 19.8. The third-order valence-corrected chi connectivity index (χ3v) is 4.94. The van der Waals surface area contributed by atoms with E-state index >= 15 is 0 Å². The van der Waals surface area contributed by atoms with Gasteiger partial charge in [0.2, 0.25) is 0 Å². The highest BCUT2D eigenvalue weighted by Gasteiger charge is 2.18. The van der Waals surface area contributed by atoms with E-state index < -0.39 is 0 Å². The van der Waals surface area contributed by atoms with Crippen LogP contribution in [0.15, 0.2) is 33.8 Å². The minimum absolute atomic E-state index is 0.294. The lowest BCUT2D eigenvalue weighted by Crippen LogP contribution is -2.36. The fourth-order valence-electron chi connectivity index (χ4n) is 3.28. The molecule has 1 aromatic carbocycles. The van der Waals surface area contributed by atoms with E-state index in [1.807, 2.05) is 24.3 Å². The van der Waals surface area contributed by atoms with Crippen molar-refractivity contribution in [3.63, 3.8) is 0 Å². The number of benzene rings is 1.